The lowest BCUT2D eigenvalue weighted by Gasteiger charge is -2.13. The van der Waals surface area contributed by atoms with Crippen LogP contribution in [0, 0.1) is 0 Å². The van der Waals surface area contributed by atoms with Crippen LogP contribution < -0.4 is 14.8 Å². The topological polar surface area (TPSA) is 50.7 Å². The molecule has 1 aromatic rings. The zero-order chi connectivity index (χ0) is 11.3. The third kappa shape index (κ3) is 2.84. The van der Waals surface area contributed by atoms with Gasteiger partial charge >= 0.3 is 0 Å². The molecule has 1 rings (SSSR count). The predicted octanol–water partition coefficient (Wildman–Crippen LogP) is 0.957. The van der Waals surface area contributed by atoms with Crippen molar-refractivity contribution in [3.05, 3.63) is 23.8 Å². The molecule has 0 heterocycles. The Hall–Kier alpha value is -1.26. The van der Waals surface area contributed by atoms with Crippen LogP contribution >= 0.6 is 0 Å². The molecule has 0 saturated carbocycles. The van der Waals surface area contributed by atoms with Crippen molar-refractivity contribution in [2.45, 2.75) is 6.10 Å². The Morgan fingerprint density at radius 2 is 1.93 bits per heavy atom. The van der Waals surface area contributed by atoms with E-state index in [0.717, 1.165) is 5.56 Å². The second-order valence-corrected chi connectivity index (χ2v) is 3.19. The molecule has 0 aliphatic rings. The molecule has 4 heteroatoms. The number of rotatable bonds is 5. The molecule has 0 radical (unpaired) electrons. The van der Waals surface area contributed by atoms with Gasteiger partial charge in [0.15, 0.2) is 11.5 Å². The average molecular weight is 211 g/mol. The van der Waals surface area contributed by atoms with Crippen LogP contribution in [0.4, 0.5) is 0 Å². The van der Waals surface area contributed by atoms with Gasteiger partial charge in [-0.05, 0) is 24.7 Å². The number of benzene rings is 1. The van der Waals surface area contributed by atoms with Gasteiger partial charge in [0.25, 0.3) is 0 Å². The first-order valence-corrected chi connectivity index (χ1v) is 4.77. The van der Waals surface area contributed by atoms with Gasteiger partial charge in [0.1, 0.15) is 0 Å². The summed E-state index contributed by atoms with van der Waals surface area (Å²) in [5, 5.41) is 12.7. The van der Waals surface area contributed by atoms with Crippen molar-refractivity contribution >= 4 is 0 Å². The minimum Gasteiger partial charge on any atom is -0.493 e. The van der Waals surface area contributed by atoms with Crippen LogP contribution in [-0.2, 0) is 0 Å². The predicted molar refractivity (Wildman–Crippen MR) is 58.4 cm³/mol. The Labute approximate surface area is 89.8 Å². The molecule has 84 valence electrons. The first-order valence-electron chi connectivity index (χ1n) is 4.77. The van der Waals surface area contributed by atoms with Gasteiger partial charge < -0.3 is 19.9 Å². The van der Waals surface area contributed by atoms with Gasteiger partial charge in [0, 0.05) is 6.54 Å². The fraction of sp³-hybridized carbons (Fsp3) is 0.455. The van der Waals surface area contributed by atoms with Gasteiger partial charge in [-0.15, -0.1) is 0 Å². The summed E-state index contributed by atoms with van der Waals surface area (Å²) < 4.78 is 10.3. The Morgan fingerprint density at radius 1 is 1.27 bits per heavy atom. The van der Waals surface area contributed by atoms with Gasteiger partial charge in [-0.25, -0.2) is 0 Å². The Kier molecular flexibility index (Phi) is 4.39. The summed E-state index contributed by atoms with van der Waals surface area (Å²) in [7, 11) is 4.96. The quantitative estimate of drug-likeness (QED) is 0.761. The third-order valence-corrected chi connectivity index (χ3v) is 2.19. The first-order chi connectivity index (χ1) is 7.22. The number of hydrogen-bond acceptors (Lipinski definition) is 4. The van der Waals surface area contributed by atoms with Crippen molar-refractivity contribution in [3.8, 4) is 11.5 Å². The number of likely N-dealkylation sites (N-methyl/N-ethyl adjacent to an activating group) is 1. The Morgan fingerprint density at radius 3 is 2.47 bits per heavy atom. The van der Waals surface area contributed by atoms with Gasteiger partial charge in [-0.1, -0.05) is 6.07 Å². The van der Waals surface area contributed by atoms with Gasteiger partial charge in [-0.3, -0.25) is 0 Å². The molecule has 0 unspecified atom stereocenters. The summed E-state index contributed by atoms with van der Waals surface area (Å²) >= 11 is 0. The number of methoxy groups -OCH3 is 2. The van der Waals surface area contributed by atoms with Crippen molar-refractivity contribution in [3.63, 3.8) is 0 Å². The van der Waals surface area contributed by atoms with E-state index in [1.807, 2.05) is 6.07 Å². The highest BCUT2D eigenvalue weighted by Gasteiger charge is 2.10. The van der Waals surface area contributed by atoms with Crippen molar-refractivity contribution in [2.75, 3.05) is 27.8 Å². The maximum absolute atomic E-state index is 9.75. The summed E-state index contributed by atoms with van der Waals surface area (Å²) in [6.07, 6.45) is -0.533. The standard InChI is InChI=1S/C11H17NO3/c1-12-7-9(13)8-4-5-10(14-2)11(6-8)15-3/h4-6,9,12-13H,7H2,1-3H3/t9-/m0/s1. The van der Waals surface area contributed by atoms with Gasteiger partial charge in [0.05, 0.1) is 20.3 Å². The summed E-state index contributed by atoms with van der Waals surface area (Å²) in [5.41, 5.74) is 0.807. The molecule has 0 spiro atoms. The molecule has 15 heavy (non-hydrogen) atoms. The molecule has 0 amide bonds. The van der Waals surface area contributed by atoms with Crippen LogP contribution in [0.25, 0.3) is 0 Å². The van der Waals surface area contributed by atoms with Crippen LogP contribution in [0.1, 0.15) is 11.7 Å². The second kappa shape index (κ2) is 5.58. The number of hydrogen-bond donors (Lipinski definition) is 2. The van der Waals surface area contributed by atoms with Crippen molar-refractivity contribution in [1.82, 2.24) is 5.32 Å². The van der Waals surface area contributed by atoms with Gasteiger partial charge in [0.2, 0.25) is 0 Å². The van der Waals surface area contributed by atoms with E-state index in [0.29, 0.717) is 18.0 Å². The van der Waals surface area contributed by atoms with Crippen molar-refractivity contribution < 1.29 is 14.6 Å². The first kappa shape index (κ1) is 11.8. The van der Waals surface area contributed by atoms with E-state index in [1.165, 1.54) is 0 Å². The molecule has 0 fully saturated rings. The normalized spacial score (nSPS) is 12.3. The lowest BCUT2D eigenvalue weighted by molar-refractivity contribution is 0.177. The number of ether oxygens (including phenoxy) is 2. The molecule has 2 N–H and O–H groups in total. The Bertz CT molecular complexity index is 315. The van der Waals surface area contributed by atoms with Crippen LogP contribution in [-0.4, -0.2) is 32.9 Å². The highest BCUT2D eigenvalue weighted by molar-refractivity contribution is 5.43. The summed E-state index contributed by atoms with van der Waals surface area (Å²) in [5.74, 6) is 1.29. The van der Waals surface area contributed by atoms with E-state index in [2.05, 4.69) is 5.32 Å². The molecule has 0 aliphatic heterocycles. The fourth-order valence-corrected chi connectivity index (χ4v) is 1.37. The fourth-order valence-electron chi connectivity index (χ4n) is 1.37. The number of aliphatic hydroxyl groups is 1. The smallest absolute Gasteiger partial charge is 0.161 e. The lowest BCUT2D eigenvalue weighted by atomic mass is 10.1. The molecular weight excluding hydrogens is 194 g/mol. The third-order valence-electron chi connectivity index (χ3n) is 2.19. The van der Waals surface area contributed by atoms with Crippen molar-refractivity contribution in [2.24, 2.45) is 0 Å². The van der Waals surface area contributed by atoms with Crippen LogP contribution in [0.2, 0.25) is 0 Å². The second-order valence-electron chi connectivity index (χ2n) is 3.19. The van der Waals surface area contributed by atoms with Crippen LogP contribution in [0.5, 0.6) is 11.5 Å². The zero-order valence-electron chi connectivity index (χ0n) is 9.28. The molecule has 4 nitrogen and oxygen atoms in total. The monoisotopic (exact) mass is 211 g/mol. The summed E-state index contributed by atoms with van der Waals surface area (Å²) in [6, 6.07) is 5.39. The van der Waals surface area contributed by atoms with E-state index in [-0.39, 0.29) is 0 Å². The number of nitrogens with one attached hydrogen (secondary N) is 1. The van der Waals surface area contributed by atoms with Crippen LogP contribution in [0.3, 0.4) is 0 Å². The van der Waals surface area contributed by atoms with E-state index < -0.39 is 6.10 Å². The minimum absolute atomic E-state index is 0.509. The summed E-state index contributed by atoms with van der Waals surface area (Å²) in [4.78, 5) is 0. The molecule has 0 aliphatic carbocycles. The highest BCUT2D eigenvalue weighted by Crippen LogP contribution is 2.29. The van der Waals surface area contributed by atoms with E-state index in [1.54, 1.807) is 33.4 Å². The maximum atomic E-state index is 9.75. The highest BCUT2D eigenvalue weighted by atomic mass is 16.5. The largest absolute Gasteiger partial charge is 0.493 e. The molecule has 0 bridgehead atoms. The van der Waals surface area contributed by atoms with Crippen molar-refractivity contribution in [1.29, 1.82) is 0 Å². The Balaban J connectivity index is 2.92. The minimum atomic E-state index is -0.533. The van der Waals surface area contributed by atoms with E-state index in [9.17, 15) is 5.11 Å². The molecule has 0 saturated heterocycles. The zero-order valence-corrected chi connectivity index (χ0v) is 9.28. The van der Waals surface area contributed by atoms with E-state index >= 15 is 0 Å². The average Bonchev–Trinajstić information content (AvgIpc) is 2.28. The van der Waals surface area contributed by atoms with E-state index in [4.69, 9.17) is 9.47 Å². The summed E-state index contributed by atoms with van der Waals surface area (Å²) in [6.45, 7) is 0.509. The SMILES string of the molecule is CNC[C@H](O)c1ccc(OC)c(OC)c1. The van der Waals surface area contributed by atoms with Gasteiger partial charge in [-0.2, -0.15) is 0 Å². The molecule has 1 atom stereocenters. The molecule has 0 aromatic heterocycles. The lowest BCUT2D eigenvalue weighted by Crippen LogP contribution is -2.16. The molecule has 1 aromatic carbocycles. The molecular formula is C11H17NO3. The maximum Gasteiger partial charge on any atom is 0.161 e. The number of aliphatic hydroxyl groups excluding tert-OH is 1. The van der Waals surface area contributed by atoms with Crippen LogP contribution in [0.15, 0.2) is 18.2 Å².